The molecule has 1 rings (SSSR count). The number of alkyl halides is 2. The molecule has 1 heterocycles. The first-order chi connectivity index (χ1) is 6.91. The molecule has 0 aromatic carbocycles. The topological polar surface area (TPSA) is 32.3 Å². The van der Waals surface area contributed by atoms with Crippen molar-refractivity contribution in [1.82, 2.24) is 10.2 Å². The largest absolute Gasteiger partial charge is 0.336 e. The number of hydrogen-bond donors (Lipinski definition) is 1. The van der Waals surface area contributed by atoms with Crippen molar-refractivity contribution in [2.75, 3.05) is 19.6 Å². The Kier molecular flexibility index (Phi) is 4.02. The van der Waals surface area contributed by atoms with Crippen LogP contribution in [0, 0.1) is 0 Å². The fourth-order valence-corrected chi connectivity index (χ4v) is 1.58. The standard InChI is InChI=1S/C10H18F2N2O/c1-8(2)13-6-9(15)14-5-3-4-10(11,12)7-14/h8,13H,3-7H2,1-2H3. The molecule has 1 aliphatic heterocycles. The molecule has 0 atom stereocenters. The lowest BCUT2D eigenvalue weighted by molar-refractivity contribution is -0.140. The van der Waals surface area contributed by atoms with Gasteiger partial charge in [-0.3, -0.25) is 4.79 Å². The van der Waals surface area contributed by atoms with Gasteiger partial charge < -0.3 is 10.2 Å². The van der Waals surface area contributed by atoms with E-state index in [4.69, 9.17) is 0 Å². The van der Waals surface area contributed by atoms with E-state index in [2.05, 4.69) is 5.32 Å². The molecule has 1 amide bonds. The van der Waals surface area contributed by atoms with Gasteiger partial charge in [0.05, 0.1) is 13.1 Å². The third kappa shape index (κ3) is 4.11. The van der Waals surface area contributed by atoms with Gasteiger partial charge in [-0.25, -0.2) is 8.78 Å². The van der Waals surface area contributed by atoms with Crippen molar-refractivity contribution in [3.05, 3.63) is 0 Å². The maximum absolute atomic E-state index is 13.0. The Balaban J connectivity index is 2.39. The van der Waals surface area contributed by atoms with E-state index in [0.717, 1.165) is 0 Å². The van der Waals surface area contributed by atoms with E-state index >= 15 is 0 Å². The summed E-state index contributed by atoms with van der Waals surface area (Å²) in [5.41, 5.74) is 0. The predicted octanol–water partition coefficient (Wildman–Crippen LogP) is 1.24. The summed E-state index contributed by atoms with van der Waals surface area (Å²) in [5, 5.41) is 2.93. The minimum absolute atomic E-state index is 0.103. The molecular formula is C10H18F2N2O. The minimum atomic E-state index is -2.70. The van der Waals surface area contributed by atoms with Crippen LogP contribution in [0.5, 0.6) is 0 Å². The van der Waals surface area contributed by atoms with E-state index < -0.39 is 12.5 Å². The average Bonchev–Trinajstić information content (AvgIpc) is 2.12. The van der Waals surface area contributed by atoms with Crippen LogP contribution in [0.1, 0.15) is 26.7 Å². The fourth-order valence-electron chi connectivity index (χ4n) is 1.58. The monoisotopic (exact) mass is 220 g/mol. The summed E-state index contributed by atoms with van der Waals surface area (Å²) in [5.74, 6) is -2.94. The van der Waals surface area contributed by atoms with Crippen molar-refractivity contribution in [1.29, 1.82) is 0 Å². The van der Waals surface area contributed by atoms with E-state index in [1.54, 1.807) is 0 Å². The first-order valence-corrected chi connectivity index (χ1v) is 5.30. The molecule has 0 bridgehead atoms. The number of carbonyl (C=O) groups excluding carboxylic acids is 1. The summed E-state index contributed by atoms with van der Waals surface area (Å²) >= 11 is 0. The minimum Gasteiger partial charge on any atom is -0.336 e. The maximum atomic E-state index is 13.0. The molecule has 0 unspecified atom stereocenters. The third-order valence-electron chi connectivity index (χ3n) is 2.41. The molecule has 1 saturated heterocycles. The average molecular weight is 220 g/mol. The van der Waals surface area contributed by atoms with Crippen molar-refractivity contribution in [2.45, 2.75) is 38.7 Å². The molecule has 5 heteroatoms. The zero-order valence-corrected chi connectivity index (χ0v) is 9.22. The lowest BCUT2D eigenvalue weighted by atomic mass is 10.1. The molecule has 0 radical (unpaired) electrons. The van der Waals surface area contributed by atoms with Crippen molar-refractivity contribution in [3.63, 3.8) is 0 Å². The van der Waals surface area contributed by atoms with Gasteiger partial charge in [0.1, 0.15) is 0 Å². The number of rotatable bonds is 3. The highest BCUT2D eigenvalue weighted by Crippen LogP contribution is 2.26. The first-order valence-electron chi connectivity index (χ1n) is 5.30. The highest BCUT2D eigenvalue weighted by molar-refractivity contribution is 5.78. The Morgan fingerprint density at radius 3 is 2.73 bits per heavy atom. The van der Waals surface area contributed by atoms with Crippen LogP contribution in [0.3, 0.4) is 0 Å². The van der Waals surface area contributed by atoms with Gasteiger partial charge in [0.15, 0.2) is 0 Å². The molecule has 0 aliphatic carbocycles. The van der Waals surface area contributed by atoms with Crippen LogP contribution in [0.4, 0.5) is 8.78 Å². The second-order valence-corrected chi connectivity index (χ2v) is 4.31. The van der Waals surface area contributed by atoms with Gasteiger partial charge in [-0.15, -0.1) is 0 Å². The second kappa shape index (κ2) is 4.88. The number of hydrogen-bond acceptors (Lipinski definition) is 2. The second-order valence-electron chi connectivity index (χ2n) is 4.31. The van der Waals surface area contributed by atoms with Crippen molar-refractivity contribution in [3.8, 4) is 0 Å². The zero-order valence-electron chi connectivity index (χ0n) is 9.22. The van der Waals surface area contributed by atoms with Crippen LogP contribution in [0.15, 0.2) is 0 Å². The number of likely N-dealkylation sites (tertiary alicyclic amines) is 1. The normalized spacial score (nSPS) is 20.7. The molecule has 1 fully saturated rings. The van der Waals surface area contributed by atoms with Gasteiger partial charge in [0.25, 0.3) is 5.92 Å². The predicted molar refractivity (Wildman–Crippen MR) is 53.9 cm³/mol. The first kappa shape index (κ1) is 12.4. The lowest BCUT2D eigenvalue weighted by Gasteiger charge is -2.32. The Morgan fingerprint density at radius 1 is 1.53 bits per heavy atom. The molecule has 1 aliphatic rings. The molecule has 3 nitrogen and oxygen atoms in total. The lowest BCUT2D eigenvalue weighted by Crippen LogP contribution is -2.49. The molecule has 0 aromatic heterocycles. The molecule has 1 N–H and O–H groups in total. The molecule has 15 heavy (non-hydrogen) atoms. The number of nitrogens with one attached hydrogen (secondary N) is 1. The summed E-state index contributed by atoms with van der Waals surface area (Å²) in [7, 11) is 0. The van der Waals surface area contributed by atoms with Crippen molar-refractivity contribution >= 4 is 5.91 Å². The zero-order chi connectivity index (χ0) is 11.5. The van der Waals surface area contributed by atoms with E-state index in [0.29, 0.717) is 13.0 Å². The quantitative estimate of drug-likeness (QED) is 0.776. The van der Waals surface area contributed by atoms with E-state index in [-0.39, 0.29) is 24.9 Å². The summed E-state index contributed by atoms with van der Waals surface area (Å²) in [4.78, 5) is 12.8. The van der Waals surface area contributed by atoms with Crippen LogP contribution in [0.2, 0.25) is 0 Å². The highest BCUT2D eigenvalue weighted by Gasteiger charge is 2.36. The van der Waals surface area contributed by atoms with Crippen LogP contribution in [0.25, 0.3) is 0 Å². The van der Waals surface area contributed by atoms with Gasteiger partial charge in [-0.05, 0) is 6.42 Å². The molecule has 0 spiro atoms. The smallest absolute Gasteiger partial charge is 0.265 e. The fraction of sp³-hybridized carbons (Fsp3) is 0.900. The molecular weight excluding hydrogens is 202 g/mol. The molecule has 88 valence electrons. The van der Waals surface area contributed by atoms with Crippen LogP contribution < -0.4 is 5.32 Å². The van der Waals surface area contributed by atoms with E-state index in [9.17, 15) is 13.6 Å². The highest BCUT2D eigenvalue weighted by atomic mass is 19.3. The number of piperidine rings is 1. The van der Waals surface area contributed by atoms with E-state index in [1.807, 2.05) is 13.8 Å². The number of amides is 1. The van der Waals surface area contributed by atoms with Crippen LogP contribution in [-0.2, 0) is 4.79 Å². The Bertz CT molecular complexity index is 231. The maximum Gasteiger partial charge on any atom is 0.265 e. The van der Waals surface area contributed by atoms with Gasteiger partial charge in [-0.1, -0.05) is 13.8 Å². The number of nitrogens with zero attached hydrogens (tertiary/aromatic N) is 1. The van der Waals surface area contributed by atoms with Gasteiger partial charge in [0, 0.05) is 19.0 Å². The Labute approximate surface area is 88.8 Å². The summed E-state index contributed by atoms with van der Waals surface area (Å²) in [6.07, 6.45) is 0.287. The van der Waals surface area contributed by atoms with Gasteiger partial charge in [-0.2, -0.15) is 0 Å². The number of halogens is 2. The van der Waals surface area contributed by atoms with Crippen LogP contribution in [-0.4, -0.2) is 42.4 Å². The SMILES string of the molecule is CC(C)NCC(=O)N1CCCC(F)(F)C1. The molecule has 0 aromatic rings. The van der Waals surface area contributed by atoms with Crippen molar-refractivity contribution in [2.24, 2.45) is 0 Å². The molecule has 0 saturated carbocycles. The third-order valence-corrected chi connectivity index (χ3v) is 2.41. The van der Waals surface area contributed by atoms with E-state index in [1.165, 1.54) is 4.90 Å². The van der Waals surface area contributed by atoms with Crippen molar-refractivity contribution < 1.29 is 13.6 Å². The van der Waals surface area contributed by atoms with Gasteiger partial charge in [0.2, 0.25) is 5.91 Å². The summed E-state index contributed by atoms with van der Waals surface area (Å²) in [6, 6.07) is 0.194. The number of carbonyl (C=O) groups is 1. The summed E-state index contributed by atoms with van der Waals surface area (Å²) in [6.45, 7) is 4.00. The Morgan fingerprint density at radius 2 is 2.20 bits per heavy atom. The Hall–Kier alpha value is -0.710. The van der Waals surface area contributed by atoms with Gasteiger partial charge >= 0.3 is 0 Å². The van der Waals surface area contributed by atoms with Crippen LogP contribution >= 0.6 is 0 Å². The summed E-state index contributed by atoms with van der Waals surface area (Å²) < 4.78 is 26.0.